The molecule has 1 aliphatic carbocycles. The molecule has 2 rings (SSSR count). The van der Waals surface area contributed by atoms with E-state index in [-0.39, 0.29) is 6.54 Å². The van der Waals surface area contributed by atoms with Crippen LogP contribution >= 0.6 is 0 Å². The molecule has 1 saturated carbocycles. The van der Waals surface area contributed by atoms with Crippen molar-refractivity contribution in [2.75, 3.05) is 11.4 Å². The van der Waals surface area contributed by atoms with E-state index in [4.69, 9.17) is 5.11 Å². The summed E-state index contributed by atoms with van der Waals surface area (Å²) in [6.07, 6.45) is 5.02. The molecule has 0 heterocycles. The van der Waals surface area contributed by atoms with Gasteiger partial charge in [0, 0.05) is 11.7 Å². The van der Waals surface area contributed by atoms with Gasteiger partial charge in [0.25, 0.3) is 0 Å². The maximum Gasteiger partial charge on any atom is 0.323 e. The summed E-state index contributed by atoms with van der Waals surface area (Å²) in [5.41, 5.74) is 1.01. The van der Waals surface area contributed by atoms with Crippen LogP contribution in [0.25, 0.3) is 0 Å². The van der Waals surface area contributed by atoms with Gasteiger partial charge in [-0.1, -0.05) is 31.0 Å². The van der Waals surface area contributed by atoms with Crippen LogP contribution in [-0.2, 0) is 4.79 Å². The van der Waals surface area contributed by atoms with Gasteiger partial charge in [0.2, 0.25) is 0 Å². The fourth-order valence-corrected chi connectivity index (χ4v) is 2.93. The fourth-order valence-electron chi connectivity index (χ4n) is 2.93. The van der Waals surface area contributed by atoms with Crippen LogP contribution < -0.4 is 4.90 Å². The molecule has 1 unspecified atom stereocenters. The number of rotatable bonds is 5. The van der Waals surface area contributed by atoms with E-state index in [9.17, 15) is 4.79 Å². The molecule has 18 heavy (non-hydrogen) atoms. The minimum Gasteiger partial charge on any atom is -0.480 e. The molecular weight excluding hydrogens is 226 g/mol. The van der Waals surface area contributed by atoms with Gasteiger partial charge in [0.05, 0.1) is 0 Å². The SMILES string of the molecule is CC(C1CCCC1)N(CC(=O)O)c1ccccc1. The third-order valence-corrected chi connectivity index (χ3v) is 3.97. The summed E-state index contributed by atoms with van der Waals surface area (Å²) in [4.78, 5) is 13.1. The highest BCUT2D eigenvalue weighted by Crippen LogP contribution is 2.32. The molecule has 98 valence electrons. The number of para-hydroxylation sites is 1. The van der Waals surface area contributed by atoms with Gasteiger partial charge >= 0.3 is 5.97 Å². The summed E-state index contributed by atoms with van der Waals surface area (Å²) in [5.74, 6) is -0.131. The van der Waals surface area contributed by atoms with Crippen molar-refractivity contribution in [3.63, 3.8) is 0 Å². The van der Waals surface area contributed by atoms with Crippen LogP contribution in [-0.4, -0.2) is 23.7 Å². The highest BCUT2D eigenvalue weighted by atomic mass is 16.4. The average Bonchev–Trinajstić information content (AvgIpc) is 2.90. The maximum atomic E-state index is 11.1. The molecule has 1 aromatic carbocycles. The molecule has 0 amide bonds. The van der Waals surface area contributed by atoms with E-state index < -0.39 is 5.97 Å². The fraction of sp³-hybridized carbons (Fsp3) is 0.533. The molecule has 0 aromatic heterocycles. The number of benzene rings is 1. The number of carboxylic acid groups (broad SMARTS) is 1. The molecular formula is C15H21NO2. The number of anilines is 1. The molecule has 1 atom stereocenters. The predicted molar refractivity (Wildman–Crippen MR) is 72.8 cm³/mol. The van der Waals surface area contributed by atoms with Gasteiger partial charge < -0.3 is 10.0 Å². The van der Waals surface area contributed by atoms with Crippen molar-refractivity contribution in [3.05, 3.63) is 30.3 Å². The lowest BCUT2D eigenvalue weighted by Crippen LogP contribution is -2.41. The van der Waals surface area contributed by atoms with E-state index in [2.05, 4.69) is 6.92 Å². The second-order valence-corrected chi connectivity index (χ2v) is 5.14. The van der Waals surface area contributed by atoms with Gasteiger partial charge in [-0.05, 0) is 37.8 Å². The molecule has 0 bridgehead atoms. The van der Waals surface area contributed by atoms with Crippen LogP contribution in [0.3, 0.4) is 0 Å². The molecule has 1 N–H and O–H groups in total. The summed E-state index contributed by atoms with van der Waals surface area (Å²) in [5, 5.41) is 9.10. The molecule has 3 heteroatoms. The maximum absolute atomic E-state index is 11.1. The molecule has 3 nitrogen and oxygen atoms in total. The van der Waals surface area contributed by atoms with Crippen LogP contribution in [0.2, 0.25) is 0 Å². The van der Waals surface area contributed by atoms with Gasteiger partial charge in [-0.3, -0.25) is 4.79 Å². The molecule has 0 aliphatic heterocycles. The Hall–Kier alpha value is -1.51. The summed E-state index contributed by atoms with van der Waals surface area (Å²) >= 11 is 0. The monoisotopic (exact) mass is 247 g/mol. The number of nitrogens with zero attached hydrogens (tertiary/aromatic N) is 1. The van der Waals surface area contributed by atoms with Crippen LogP contribution in [0.4, 0.5) is 5.69 Å². The Morgan fingerprint density at radius 1 is 1.33 bits per heavy atom. The third kappa shape index (κ3) is 3.03. The normalized spacial score (nSPS) is 17.6. The minimum absolute atomic E-state index is 0.0850. The van der Waals surface area contributed by atoms with E-state index in [1.807, 2.05) is 35.2 Å². The van der Waals surface area contributed by atoms with Crippen molar-refractivity contribution in [1.29, 1.82) is 0 Å². The quantitative estimate of drug-likeness (QED) is 0.869. The second-order valence-electron chi connectivity index (χ2n) is 5.14. The third-order valence-electron chi connectivity index (χ3n) is 3.97. The Kier molecular flexibility index (Phi) is 4.24. The van der Waals surface area contributed by atoms with Crippen molar-refractivity contribution in [2.45, 2.75) is 38.6 Å². The van der Waals surface area contributed by atoms with Crippen molar-refractivity contribution >= 4 is 11.7 Å². The largest absolute Gasteiger partial charge is 0.480 e. The van der Waals surface area contributed by atoms with Gasteiger partial charge in [0.15, 0.2) is 0 Å². The summed E-state index contributed by atoms with van der Waals surface area (Å²) in [6.45, 7) is 2.24. The van der Waals surface area contributed by atoms with Crippen LogP contribution in [0, 0.1) is 5.92 Å². The molecule has 0 radical (unpaired) electrons. The smallest absolute Gasteiger partial charge is 0.323 e. The van der Waals surface area contributed by atoms with E-state index in [0.717, 1.165) is 5.69 Å². The topological polar surface area (TPSA) is 40.5 Å². The van der Waals surface area contributed by atoms with E-state index >= 15 is 0 Å². The van der Waals surface area contributed by atoms with Crippen molar-refractivity contribution in [3.8, 4) is 0 Å². The standard InChI is InChI=1S/C15H21NO2/c1-12(13-7-5-6-8-13)16(11-15(17)18)14-9-3-2-4-10-14/h2-4,9-10,12-13H,5-8,11H2,1H3,(H,17,18). The zero-order chi connectivity index (χ0) is 13.0. The van der Waals surface area contributed by atoms with Gasteiger partial charge in [0.1, 0.15) is 6.54 Å². The first kappa shape index (κ1) is 12.9. The molecule has 0 spiro atoms. The number of aliphatic carboxylic acids is 1. The predicted octanol–water partition coefficient (Wildman–Crippen LogP) is 3.16. The van der Waals surface area contributed by atoms with E-state index in [1.165, 1.54) is 25.7 Å². The minimum atomic E-state index is -0.760. The first-order chi connectivity index (χ1) is 8.68. The lowest BCUT2D eigenvalue weighted by Gasteiger charge is -2.33. The Morgan fingerprint density at radius 2 is 1.94 bits per heavy atom. The number of carbonyl (C=O) groups is 1. The summed E-state index contributed by atoms with van der Waals surface area (Å²) in [6, 6.07) is 10.2. The second kappa shape index (κ2) is 5.89. The first-order valence-electron chi connectivity index (χ1n) is 6.72. The molecule has 1 fully saturated rings. The van der Waals surface area contributed by atoms with Crippen LogP contribution in [0.15, 0.2) is 30.3 Å². The zero-order valence-corrected chi connectivity index (χ0v) is 10.9. The highest BCUT2D eigenvalue weighted by molar-refractivity contribution is 5.74. The first-order valence-corrected chi connectivity index (χ1v) is 6.72. The van der Waals surface area contributed by atoms with Crippen LogP contribution in [0.1, 0.15) is 32.6 Å². The lowest BCUT2D eigenvalue weighted by molar-refractivity contribution is -0.135. The van der Waals surface area contributed by atoms with Crippen LogP contribution in [0.5, 0.6) is 0 Å². The molecule has 1 aromatic rings. The Bertz CT molecular complexity index is 385. The van der Waals surface area contributed by atoms with Gasteiger partial charge in [-0.25, -0.2) is 0 Å². The Balaban J connectivity index is 2.16. The lowest BCUT2D eigenvalue weighted by atomic mass is 9.97. The van der Waals surface area contributed by atoms with Gasteiger partial charge in [-0.15, -0.1) is 0 Å². The highest BCUT2D eigenvalue weighted by Gasteiger charge is 2.27. The van der Waals surface area contributed by atoms with Crippen molar-refractivity contribution in [2.24, 2.45) is 5.92 Å². The number of hydrogen-bond donors (Lipinski definition) is 1. The van der Waals surface area contributed by atoms with E-state index in [0.29, 0.717) is 12.0 Å². The molecule has 1 aliphatic rings. The Morgan fingerprint density at radius 3 is 2.50 bits per heavy atom. The number of hydrogen-bond acceptors (Lipinski definition) is 2. The zero-order valence-electron chi connectivity index (χ0n) is 10.9. The Labute approximate surface area is 108 Å². The number of carboxylic acids is 1. The summed E-state index contributed by atoms with van der Waals surface area (Å²) < 4.78 is 0. The van der Waals surface area contributed by atoms with E-state index in [1.54, 1.807) is 0 Å². The van der Waals surface area contributed by atoms with Gasteiger partial charge in [-0.2, -0.15) is 0 Å². The summed E-state index contributed by atoms with van der Waals surface area (Å²) in [7, 11) is 0. The molecule has 0 saturated heterocycles. The van der Waals surface area contributed by atoms with Crippen molar-refractivity contribution in [1.82, 2.24) is 0 Å². The average molecular weight is 247 g/mol. The van der Waals surface area contributed by atoms with Crippen molar-refractivity contribution < 1.29 is 9.90 Å².